The number of benzene rings is 1. The number of carbonyl (C=O) groups is 1. The number of aryl methyl sites for hydroxylation is 1. The van der Waals surface area contributed by atoms with E-state index in [0.717, 1.165) is 80.5 Å². The maximum absolute atomic E-state index is 10.4. The lowest BCUT2D eigenvalue weighted by Gasteiger charge is -2.21. The average Bonchev–Trinajstić information content (AvgIpc) is 3.75. The molecule has 3 rings (SSSR count). The van der Waals surface area contributed by atoms with Gasteiger partial charge in [-0.15, -0.1) is 0 Å². The monoisotopic (exact) mass is 600 g/mol. The van der Waals surface area contributed by atoms with Crippen LogP contribution in [-0.2, 0) is 16.8 Å². The molecule has 1 aromatic rings. The normalized spacial score (nSPS) is 17.8. The number of thiol groups is 1. The molecular formula is C37H48N2O3S. The third kappa shape index (κ3) is 13.2. The zero-order valence-electron chi connectivity index (χ0n) is 26.1. The van der Waals surface area contributed by atoms with Gasteiger partial charge in [-0.25, -0.2) is 0 Å². The molecule has 0 saturated heterocycles. The minimum atomic E-state index is -0.817. The highest BCUT2D eigenvalue weighted by molar-refractivity contribution is 7.80. The van der Waals surface area contributed by atoms with Gasteiger partial charge in [0.2, 0.25) is 0 Å². The topological polar surface area (TPSA) is 93.7 Å². The van der Waals surface area contributed by atoms with Gasteiger partial charge >= 0.3 is 5.97 Å². The molecule has 2 aliphatic rings. The molecule has 1 fully saturated rings. The fraction of sp³-hybridized carbons (Fsp3) is 0.432. The summed E-state index contributed by atoms with van der Waals surface area (Å²) in [5.41, 5.74) is 5.37. The number of hydrogen-bond donors (Lipinski definition) is 3. The van der Waals surface area contributed by atoms with Crippen LogP contribution in [0.15, 0.2) is 101 Å². The van der Waals surface area contributed by atoms with Gasteiger partial charge in [0.25, 0.3) is 0 Å². The first kappa shape index (κ1) is 35.8. The summed E-state index contributed by atoms with van der Waals surface area (Å²) in [7, 11) is 0. The van der Waals surface area contributed by atoms with Crippen LogP contribution < -0.4 is 0 Å². The Morgan fingerprint density at radius 1 is 1.23 bits per heavy atom. The molecule has 1 saturated carbocycles. The van der Waals surface area contributed by atoms with E-state index in [9.17, 15) is 15.2 Å². The summed E-state index contributed by atoms with van der Waals surface area (Å²) >= 11 is 4.07. The fourth-order valence-corrected chi connectivity index (χ4v) is 5.30. The third-order valence-electron chi connectivity index (χ3n) is 7.47. The maximum Gasteiger partial charge on any atom is 0.303 e. The van der Waals surface area contributed by atoms with Crippen molar-refractivity contribution in [3.8, 4) is 6.07 Å². The van der Waals surface area contributed by atoms with Crippen molar-refractivity contribution in [2.24, 2.45) is 10.4 Å². The number of aliphatic carboxylic acids is 1. The Bertz CT molecular complexity index is 1310. The zero-order chi connectivity index (χ0) is 31.7. The Morgan fingerprint density at radius 2 is 1.98 bits per heavy atom. The van der Waals surface area contributed by atoms with Crippen molar-refractivity contribution in [1.82, 2.24) is 0 Å². The van der Waals surface area contributed by atoms with Gasteiger partial charge in [0.15, 0.2) is 0 Å². The molecule has 5 nitrogen and oxygen atoms in total. The van der Waals surface area contributed by atoms with E-state index in [1.807, 2.05) is 56.4 Å². The van der Waals surface area contributed by atoms with Crippen molar-refractivity contribution in [3.63, 3.8) is 0 Å². The second-order valence-corrected chi connectivity index (χ2v) is 12.0. The van der Waals surface area contributed by atoms with Crippen molar-refractivity contribution in [3.05, 3.63) is 107 Å². The predicted molar refractivity (Wildman–Crippen MR) is 183 cm³/mol. The van der Waals surface area contributed by atoms with Crippen LogP contribution in [-0.4, -0.2) is 34.2 Å². The molecule has 0 radical (unpaired) electrons. The van der Waals surface area contributed by atoms with Gasteiger partial charge < -0.3 is 10.2 Å². The Morgan fingerprint density at radius 3 is 2.56 bits per heavy atom. The minimum absolute atomic E-state index is 0.0783. The van der Waals surface area contributed by atoms with E-state index in [2.05, 4.69) is 62.6 Å². The Labute approximate surface area is 264 Å². The SMILES string of the molecule is C=C/C=C(\C=C\CCCc1ccccc1C(C)(C)O)CCCN=C1C=C(C#N)C=C/C1=C/CC.O=C(O)CC1(CS)CC1. The van der Waals surface area contributed by atoms with Gasteiger partial charge in [-0.3, -0.25) is 9.79 Å². The minimum Gasteiger partial charge on any atom is -0.481 e. The highest BCUT2D eigenvalue weighted by Crippen LogP contribution is 2.49. The number of unbranched alkanes of at least 4 members (excludes halogenated alkanes) is 1. The van der Waals surface area contributed by atoms with Crippen molar-refractivity contribution >= 4 is 24.3 Å². The van der Waals surface area contributed by atoms with Crippen LogP contribution in [0.1, 0.15) is 83.3 Å². The zero-order valence-corrected chi connectivity index (χ0v) is 27.0. The Kier molecular flexibility index (Phi) is 15.2. The molecule has 1 aromatic carbocycles. The Hall–Kier alpha value is -3.40. The van der Waals surface area contributed by atoms with Crippen molar-refractivity contribution in [2.75, 3.05) is 12.3 Å². The van der Waals surface area contributed by atoms with E-state index in [1.54, 1.807) is 0 Å². The molecule has 6 heteroatoms. The molecule has 0 aliphatic heterocycles. The quantitative estimate of drug-likeness (QED) is 0.107. The van der Waals surface area contributed by atoms with E-state index in [0.29, 0.717) is 12.0 Å². The molecule has 0 amide bonds. The summed E-state index contributed by atoms with van der Waals surface area (Å²) in [5, 5.41) is 28.0. The maximum atomic E-state index is 10.4. The number of carboxylic acid groups (broad SMARTS) is 1. The summed E-state index contributed by atoms with van der Waals surface area (Å²) in [6, 6.07) is 10.3. The summed E-state index contributed by atoms with van der Waals surface area (Å²) < 4.78 is 0. The number of aliphatic hydroxyl groups is 1. The number of aliphatic imine (C=N–C) groups is 1. The molecule has 2 N–H and O–H groups in total. The average molecular weight is 601 g/mol. The lowest BCUT2D eigenvalue weighted by atomic mass is 9.91. The standard InChI is InChI=1S/C31H38N2O.C6H10O2S/c1-5-13-25(15-8-7-9-17-27-18-10-11-19-29(27)31(3,4)34)16-12-22-33-30-23-26(24-32)20-21-28(30)14-6-2;7-5(8)3-6(4-9)1-2-6/h5,8,10-11,13-15,18-21,23,34H,1,6-7,9,12,16-17,22H2,2-4H3;9H,1-4H2,(H,7,8)/b15-8+,25-13+,28-14-,33-30?;. The lowest BCUT2D eigenvalue weighted by Crippen LogP contribution is -2.17. The van der Waals surface area contributed by atoms with Gasteiger partial charge in [0, 0.05) is 6.54 Å². The number of allylic oxidation sites excluding steroid dienone is 11. The highest BCUT2D eigenvalue weighted by atomic mass is 32.1. The second kappa shape index (κ2) is 18.3. The van der Waals surface area contributed by atoms with Crippen molar-refractivity contribution in [1.29, 1.82) is 5.26 Å². The van der Waals surface area contributed by atoms with Crippen LogP contribution in [0.3, 0.4) is 0 Å². The molecule has 0 aromatic heterocycles. The summed E-state index contributed by atoms with van der Waals surface area (Å²) in [5.74, 6) is 0.0285. The van der Waals surface area contributed by atoms with Gasteiger partial charge in [0.1, 0.15) is 0 Å². The highest BCUT2D eigenvalue weighted by Gasteiger charge is 2.42. The molecule has 0 spiro atoms. The first-order valence-corrected chi connectivity index (χ1v) is 15.9. The van der Waals surface area contributed by atoms with E-state index >= 15 is 0 Å². The van der Waals surface area contributed by atoms with Gasteiger partial charge in [0.05, 0.1) is 29.4 Å². The van der Waals surface area contributed by atoms with E-state index in [-0.39, 0.29) is 5.41 Å². The van der Waals surface area contributed by atoms with Crippen LogP contribution in [0.25, 0.3) is 0 Å². The molecule has 0 heterocycles. The predicted octanol–water partition coefficient (Wildman–Crippen LogP) is 8.65. The van der Waals surface area contributed by atoms with Gasteiger partial charge in [-0.1, -0.05) is 74.2 Å². The molecule has 0 unspecified atom stereocenters. The van der Waals surface area contributed by atoms with E-state index < -0.39 is 11.6 Å². The number of hydrogen-bond acceptors (Lipinski definition) is 5. The molecule has 0 atom stereocenters. The van der Waals surface area contributed by atoms with Crippen LogP contribution >= 0.6 is 12.6 Å². The lowest BCUT2D eigenvalue weighted by molar-refractivity contribution is -0.138. The number of nitrogens with zero attached hydrogens (tertiary/aromatic N) is 2. The van der Waals surface area contributed by atoms with Crippen LogP contribution in [0.2, 0.25) is 0 Å². The molecule has 230 valence electrons. The summed E-state index contributed by atoms with van der Waals surface area (Å²) in [6.45, 7) is 10.4. The molecular weight excluding hydrogens is 552 g/mol. The fourth-order valence-electron chi connectivity index (χ4n) is 4.87. The van der Waals surface area contributed by atoms with Gasteiger partial charge in [-0.2, -0.15) is 17.9 Å². The smallest absolute Gasteiger partial charge is 0.303 e. The van der Waals surface area contributed by atoms with Crippen LogP contribution in [0.4, 0.5) is 0 Å². The van der Waals surface area contributed by atoms with Crippen LogP contribution in [0.5, 0.6) is 0 Å². The summed E-state index contributed by atoms with van der Waals surface area (Å²) in [6.07, 6.45) is 24.3. The summed E-state index contributed by atoms with van der Waals surface area (Å²) in [4.78, 5) is 14.9. The Balaban J connectivity index is 0.000000609. The second-order valence-electron chi connectivity index (χ2n) is 11.7. The first-order chi connectivity index (χ1) is 20.6. The number of nitriles is 1. The largest absolute Gasteiger partial charge is 0.481 e. The number of rotatable bonds is 15. The number of carboxylic acids is 1. The third-order valence-corrected chi connectivity index (χ3v) is 8.14. The molecule has 2 aliphatic carbocycles. The van der Waals surface area contributed by atoms with Crippen molar-refractivity contribution < 1.29 is 15.0 Å². The van der Waals surface area contributed by atoms with Crippen LogP contribution in [0, 0.1) is 16.7 Å². The van der Waals surface area contributed by atoms with E-state index in [4.69, 9.17) is 10.1 Å². The molecule has 43 heavy (non-hydrogen) atoms. The molecule has 0 bridgehead atoms. The first-order valence-electron chi connectivity index (χ1n) is 15.2. The van der Waals surface area contributed by atoms with E-state index in [1.165, 1.54) is 11.1 Å². The van der Waals surface area contributed by atoms with Crippen molar-refractivity contribution in [2.45, 2.75) is 84.2 Å². The van der Waals surface area contributed by atoms with Gasteiger partial charge in [-0.05, 0) is 111 Å².